The number of benzene rings is 4. The number of fused-ring (bicyclic) bond motifs is 6. The van der Waals surface area contributed by atoms with Crippen molar-refractivity contribution in [3.63, 3.8) is 0 Å². The van der Waals surface area contributed by atoms with E-state index in [0.29, 0.717) is 23.0 Å². The van der Waals surface area contributed by atoms with E-state index in [1.54, 1.807) is 0 Å². The van der Waals surface area contributed by atoms with Gasteiger partial charge >= 0.3 is 5.97 Å². The molecule has 1 fully saturated rings. The molecule has 1 saturated carbocycles. The molecular formula is C34H32N2O3. The van der Waals surface area contributed by atoms with Gasteiger partial charge in [-0.25, -0.2) is 4.79 Å². The fourth-order valence-corrected chi connectivity index (χ4v) is 6.39. The first kappa shape index (κ1) is 23.8. The minimum Gasteiger partial charge on any atom is -0.456 e. The number of esters is 1. The third-order valence-electron chi connectivity index (χ3n) is 8.43. The van der Waals surface area contributed by atoms with Crippen molar-refractivity contribution in [3.05, 3.63) is 113 Å². The van der Waals surface area contributed by atoms with Gasteiger partial charge in [-0.15, -0.1) is 0 Å². The second kappa shape index (κ2) is 9.49. The molecule has 1 atom stereocenters. The highest BCUT2D eigenvalue weighted by atomic mass is 16.6. The summed E-state index contributed by atoms with van der Waals surface area (Å²) in [4.78, 5) is 13.3. The van der Waals surface area contributed by atoms with Gasteiger partial charge in [0.1, 0.15) is 11.5 Å². The summed E-state index contributed by atoms with van der Waals surface area (Å²) in [6.45, 7) is 3.03. The van der Waals surface area contributed by atoms with Gasteiger partial charge in [0.15, 0.2) is 5.60 Å². The second-order valence-corrected chi connectivity index (χ2v) is 11.0. The fourth-order valence-electron chi connectivity index (χ4n) is 6.39. The van der Waals surface area contributed by atoms with E-state index < -0.39 is 5.60 Å². The Balaban J connectivity index is 1.33. The Morgan fingerprint density at radius 1 is 0.795 bits per heavy atom. The van der Waals surface area contributed by atoms with Crippen LogP contribution in [0, 0.1) is 12.8 Å². The fraction of sp³-hybridized carbons (Fsp3) is 0.265. The molecule has 3 aliphatic rings. The molecule has 39 heavy (non-hydrogen) atoms. The van der Waals surface area contributed by atoms with E-state index in [9.17, 15) is 4.79 Å². The number of aryl methyl sites for hydroxylation is 1. The molecule has 2 aliphatic heterocycles. The first-order valence-corrected chi connectivity index (χ1v) is 14.0. The largest absolute Gasteiger partial charge is 0.456 e. The average molecular weight is 517 g/mol. The molecule has 2 heterocycles. The number of carbonyl (C=O) groups is 1. The molecular weight excluding hydrogens is 484 g/mol. The monoisotopic (exact) mass is 516 g/mol. The number of carbonyl (C=O) groups excluding carboxylic acids is 1. The van der Waals surface area contributed by atoms with Crippen molar-refractivity contribution in [1.82, 2.24) is 0 Å². The Kier molecular flexibility index (Phi) is 5.80. The van der Waals surface area contributed by atoms with Crippen molar-refractivity contribution in [3.8, 4) is 11.5 Å². The second-order valence-electron chi connectivity index (χ2n) is 11.0. The quantitative estimate of drug-likeness (QED) is 0.261. The van der Waals surface area contributed by atoms with Crippen LogP contribution in [0.4, 0.5) is 17.1 Å². The number of hydrogen-bond donors (Lipinski definition) is 2. The summed E-state index contributed by atoms with van der Waals surface area (Å²) in [6, 6.07) is 28.1. The summed E-state index contributed by atoms with van der Waals surface area (Å²) in [7, 11) is 0. The molecule has 1 unspecified atom stereocenters. The van der Waals surface area contributed by atoms with Gasteiger partial charge in [-0.2, -0.15) is 0 Å². The predicted octanol–water partition coefficient (Wildman–Crippen LogP) is 8.30. The zero-order chi connectivity index (χ0) is 26.4. The SMILES string of the molecule is Cc1cc2c(cc1Nc1ccccc1)C1(OC(=O)c3ccccc31)c1ccc(NCC3CCCCC3)cc1O2. The molecule has 0 radical (unpaired) electrons. The van der Waals surface area contributed by atoms with Crippen LogP contribution in [0.5, 0.6) is 11.5 Å². The number of rotatable bonds is 5. The standard InChI is InChI=1S/C34H32N2O3/c1-22-18-31-29(20-30(22)36-24-12-6-3-7-13-24)34(27-15-9-8-14-26(27)33(37)39-34)28-17-16-25(19-32(28)38-31)35-21-23-10-4-2-5-11-23/h3,6-9,12-20,23,35-36H,2,4-5,10-11,21H2,1H3. The van der Waals surface area contributed by atoms with E-state index >= 15 is 0 Å². The lowest BCUT2D eigenvalue weighted by Crippen LogP contribution is -2.33. The molecule has 1 spiro atoms. The molecule has 4 aromatic carbocycles. The number of anilines is 3. The molecule has 0 bridgehead atoms. The lowest BCUT2D eigenvalue weighted by molar-refractivity contribution is 0.0224. The topological polar surface area (TPSA) is 59.6 Å². The van der Waals surface area contributed by atoms with Crippen molar-refractivity contribution in [2.45, 2.75) is 44.6 Å². The molecule has 2 N–H and O–H groups in total. The Morgan fingerprint density at radius 2 is 1.56 bits per heavy atom. The van der Waals surface area contributed by atoms with Gasteiger partial charge < -0.3 is 20.1 Å². The van der Waals surface area contributed by atoms with Crippen molar-refractivity contribution in [1.29, 1.82) is 0 Å². The minimum atomic E-state index is -1.08. The van der Waals surface area contributed by atoms with E-state index in [0.717, 1.165) is 45.9 Å². The minimum absolute atomic E-state index is 0.318. The maximum Gasteiger partial charge on any atom is 0.340 e. The molecule has 5 nitrogen and oxygen atoms in total. The average Bonchev–Trinajstić information content (AvgIpc) is 3.26. The molecule has 0 amide bonds. The van der Waals surface area contributed by atoms with Gasteiger partial charge in [0, 0.05) is 46.4 Å². The Hall–Kier alpha value is -4.25. The molecule has 4 aromatic rings. The molecule has 0 saturated heterocycles. The van der Waals surface area contributed by atoms with Crippen LogP contribution >= 0.6 is 0 Å². The number of ether oxygens (including phenoxy) is 2. The highest BCUT2D eigenvalue weighted by Crippen LogP contribution is 2.57. The van der Waals surface area contributed by atoms with E-state index in [1.807, 2.05) is 60.7 Å². The highest BCUT2D eigenvalue weighted by Gasteiger charge is 2.53. The summed E-state index contributed by atoms with van der Waals surface area (Å²) in [5, 5.41) is 7.18. The van der Waals surface area contributed by atoms with Gasteiger partial charge in [-0.1, -0.05) is 55.7 Å². The maximum absolute atomic E-state index is 13.3. The van der Waals surface area contributed by atoms with Crippen molar-refractivity contribution in [2.24, 2.45) is 5.92 Å². The van der Waals surface area contributed by atoms with Crippen LogP contribution in [0.1, 0.15) is 64.7 Å². The Bertz CT molecular complexity index is 1560. The van der Waals surface area contributed by atoms with E-state index in [1.165, 1.54) is 32.1 Å². The summed E-state index contributed by atoms with van der Waals surface area (Å²) < 4.78 is 13.0. The molecule has 1 aliphatic carbocycles. The van der Waals surface area contributed by atoms with Crippen molar-refractivity contribution in [2.75, 3.05) is 17.2 Å². The first-order valence-electron chi connectivity index (χ1n) is 14.0. The lowest BCUT2D eigenvalue weighted by atomic mass is 9.77. The summed E-state index contributed by atoms with van der Waals surface area (Å²) in [6.07, 6.45) is 6.58. The smallest absolute Gasteiger partial charge is 0.340 e. The van der Waals surface area contributed by atoms with Crippen LogP contribution in [-0.4, -0.2) is 12.5 Å². The van der Waals surface area contributed by atoms with Crippen LogP contribution in [0.2, 0.25) is 0 Å². The predicted molar refractivity (Wildman–Crippen MR) is 154 cm³/mol. The van der Waals surface area contributed by atoms with Crippen LogP contribution in [0.3, 0.4) is 0 Å². The summed E-state index contributed by atoms with van der Waals surface area (Å²) in [5.74, 6) is 1.81. The van der Waals surface area contributed by atoms with Crippen LogP contribution in [-0.2, 0) is 10.3 Å². The summed E-state index contributed by atoms with van der Waals surface area (Å²) >= 11 is 0. The molecule has 196 valence electrons. The third-order valence-corrected chi connectivity index (χ3v) is 8.43. The van der Waals surface area contributed by atoms with Crippen molar-refractivity contribution < 1.29 is 14.3 Å². The van der Waals surface area contributed by atoms with Gasteiger partial charge in [-0.05, 0) is 73.7 Å². The first-order chi connectivity index (χ1) is 19.1. The normalized spacial score (nSPS) is 19.5. The van der Waals surface area contributed by atoms with Gasteiger partial charge in [0.25, 0.3) is 0 Å². The number of para-hydroxylation sites is 1. The number of nitrogens with one attached hydrogen (secondary N) is 2. The molecule has 0 aromatic heterocycles. The Morgan fingerprint density at radius 3 is 2.41 bits per heavy atom. The van der Waals surface area contributed by atoms with Crippen LogP contribution in [0.15, 0.2) is 84.9 Å². The van der Waals surface area contributed by atoms with E-state index in [-0.39, 0.29) is 5.97 Å². The Labute approximate surface area is 229 Å². The lowest BCUT2D eigenvalue weighted by Gasteiger charge is -2.37. The molecule has 5 heteroatoms. The van der Waals surface area contributed by atoms with Gasteiger partial charge in [0.05, 0.1) is 5.56 Å². The zero-order valence-corrected chi connectivity index (χ0v) is 22.1. The maximum atomic E-state index is 13.3. The van der Waals surface area contributed by atoms with Crippen molar-refractivity contribution >= 4 is 23.0 Å². The summed E-state index contributed by atoms with van der Waals surface area (Å²) in [5.41, 5.74) is 6.01. The van der Waals surface area contributed by atoms with Crippen LogP contribution < -0.4 is 15.4 Å². The van der Waals surface area contributed by atoms with Gasteiger partial charge in [0.2, 0.25) is 0 Å². The molecule has 7 rings (SSSR count). The van der Waals surface area contributed by atoms with E-state index in [2.05, 4.69) is 41.8 Å². The van der Waals surface area contributed by atoms with Gasteiger partial charge in [-0.3, -0.25) is 0 Å². The highest BCUT2D eigenvalue weighted by molar-refractivity contribution is 5.97. The number of hydrogen-bond acceptors (Lipinski definition) is 5. The van der Waals surface area contributed by atoms with E-state index in [4.69, 9.17) is 9.47 Å². The third kappa shape index (κ3) is 4.04. The van der Waals surface area contributed by atoms with Crippen LogP contribution in [0.25, 0.3) is 0 Å². The zero-order valence-electron chi connectivity index (χ0n) is 22.1.